The number of ether oxygens (including phenoxy) is 1. The molecule has 1 fully saturated rings. The van der Waals surface area contributed by atoms with E-state index in [9.17, 15) is 13.2 Å². The zero-order valence-corrected chi connectivity index (χ0v) is 16.3. The highest BCUT2D eigenvalue weighted by Gasteiger charge is 2.26. The van der Waals surface area contributed by atoms with E-state index in [1.165, 1.54) is 16.4 Å². The average Bonchev–Trinajstić information content (AvgIpc) is 2.69. The van der Waals surface area contributed by atoms with Crippen LogP contribution >= 0.6 is 0 Å². The van der Waals surface area contributed by atoms with Gasteiger partial charge in [-0.2, -0.15) is 8.87 Å². The average molecular weight is 390 g/mol. The second-order valence-corrected chi connectivity index (χ2v) is 8.47. The molecule has 0 aliphatic carbocycles. The maximum Gasteiger partial charge on any atom is 0.293 e. The molecule has 8 heteroatoms. The summed E-state index contributed by atoms with van der Waals surface area (Å²) in [5.41, 5.74) is 1.68. The van der Waals surface area contributed by atoms with Crippen molar-refractivity contribution >= 4 is 21.6 Å². The lowest BCUT2D eigenvalue weighted by molar-refractivity contribution is -0.705. The molecule has 0 spiro atoms. The molecule has 0 bridgehead atoms. The molecular weight excluding hydrogens is 366 g/mol. The molecule has 7 nitrogen and oxygen atoms in total. The maximum atomic E-state index is 12.6. The molecule has 27 heavy (non-hydrogen) atoms. The van der Waals surface area contributed by atoms with Crippen LogP contribution in [0.2, 0.25) is 0 Å². The largest absolute Gasteiger partial charge is 0.379 e. The molecule has 144 valence electrons. The Bertz CT molecular complexity index is 890. The molecule has 1 aromatic carbocycles. The minimum atomic E-state index is -3.53. The normalized spacial score (nSPS) is 16.7. The van der Waals surface area contributed by atoms with Crippen molar-refractivity contribution in [2.24, 2.45) is 0 Å². The van der Waals surface area contributed by atoms with Crippen molar-refractivity contribution in [3.63, 3.8) is 0 Å². The van der Waals surface area contributed by atoms with Crippen LogP contribution in [0.5, 0.6) is 0 Å². The molecule has 1 amide bonds. The van der Waals surface area contributed by atoms with Crippen molar-refractivity contribution in [2.45, 2.75) is 24.8 Å². The van der Waals surface area contributed by atoms with Crippen molar-refractivity contribution in [2.75, 3.05) is 31.6 Å². The Morgan fingerprint density at radius 3 is 2.30 bits per heavy atom. The van der Waals surface area contributed by atoms with Gasteiger partial charge in [0.25, 0.3) is 5.91 Å². The van der Waals surface area contributed by atoms with Crippen LogP contribution in [0.3, 0.4) is 0 Å². The van der Waals surface area contributed by atoms with E-state index in [1.54, 1.807) is 12.1 Å². The van der Waals surface area contributed by atoms with Gasteiger partial charge in [-0.15, -0.1) is 0 Å². The summed E-state index contributed by atoms with van der Waals surface area (Å²) in [4.78, 5) is 12.7. The van der Waals surface area contributed by atoms with Crippen LogP contribution < -0.4 is 9.88 Å². The number of anilines is 1. The fourth-order valence-electron chi connectivity index (χ4n) is 2.80. The van der Waals surface area contributed by atoms with Gasteiger partial charge in [0.05, 0.1) is 18.1 Å². The van der Waals surface area contributed by atoms with Crippen molar-refractivity contribution in [3.05, 3.63) is 54.4 Å². The van der Waals surface area contributed by atoms with Crippen molar-refractivity contribution in [3.8, 4) is 0 Å². The van der Waals surface area contributed by atoms with Gasteiger partial charge in [0.2, 0.25) is 16.1 Å². The lowest BCUT2D eigenvalue weighted by Gasteiger charge is -2.26. The fourth-order valence-corrected chi connectivity index (χ4v) is 4.21. The third-order valence-corrected chi connectivity index (χ3v) is 6.49. The van der Waals surface area contributed by atoms with Gasteiger partial charge in [-0.3, -0.25) is 4.79 Å². The summed E-state index contributed by atoms with van der Waals surface area (Å²) in [6.07, 6.45) is 3.72. The summed E-state index contributed by atoms with van der Waals surface area (Å²) in [6, 6.07) is 9.75. The Balaban J connectivity index is 1.68. The third kappa shape index (κ3) is 4.52. The van der Waals surface area contributed by atoms with Gasteiger partial charge in [0.15, 0.2) is 12.4 Å². The van der Waals surface area contributed by atoms with Crippen LogP contribution in [-0.2, 0) is 19.6 Å². The fraction of sp³-hybridized carbons (Fsp3) is 0.368. The molecule has 3 rings (SSSR count). The number of benzene rings is 1. The summed E-state index contributed by atoms with van der Waals surface area (Å²) < 4.78 is 33.7. The highest BCUT2D eigenvalue weighted by Crippen LogP contribution is 2.19. The highest BCUT2D eigenvalue weighted by molar-refractivity contribution is 7.89. The van der Waals surface area contributed by atoms with E-state index in [2.05, 4.69) is 5.32 Å². The van der Waals surface area contributed by atoms with Gasteiger partial charge in [-0.25, -0.2) is 8.42 Å². The zero-order valence-electron chi connectivity index (χ0n) is 15.5. The number of aromatic nitrogens is 1. The minimum Gasteiger partial charge on any atom is -0.379 e. The minimum absolute atomic E-state index is 0.173. The van der Waals surface area contributed by atoms with Crippen LogP contribution in [0.1, 0.15) is 18.5 Å². The van der Waals surface area contributed by atoms with Gasteiger partial charge >= 0.3 is 0 Å². The topological polar surface area (TPSA) is 79.6 Å². The Morgan fingerprint density at radius 1 is 1.11 bits per heavy atom. The second kappa shape index (κ2) is 8.16. The molecule has 1 atom stereocenters. The summed E-state index contributed by atoms with van der Waals surface area (Å²) in [5, 5.41) is 2.82. The van der Waals surface area contributed by atoms with E-state index in [0.29, 0.717) is 32.0 Å². The number of morpholine rings is 1. The number of hydrogen-bond donors (Lipinski definition) is 1. The van der Waals surface area contributed by atoms with Gasteiger partial charge < -0.3 is 10.1 Å². The van der Waals surface area contributed by atoms with E-state index in [-0.39, 0.29) is 16.8 Å². The van der Waals surface area contributed by atoms with Crippen LogP contribution in [0, 0.1) is 6.92 Å². The van der Waals surface area contributed by atoms with Crippen LogP contribution in [-0.4, -0.2) is 44.9 Å². The number of sulfonamides is 1. The zero-order chi connectivity index (χ0) is 19.4. The first-order valence-electron chi connectivity index (χ1n) is 8.84. The van der Waals surface area contributed by atoms with Gasteiger partial charge in [0, 0.05) is 37.8 Å². The molecule has 1 aliphatic rings. The molecule has 1 aromatic heterocycles. The van der Waals surface area contributed by atoms with E-state index in [1.807, 2.05) is 42.9 Å². The molecule has 2 heterocycles. The number of carbonyl (C=O) groups excluding carboxylic acids is 1. The molecule has 2 aromatic rings. The third-order valence-electron chi connectivity index (χ3n) is 4.58. The van der Waals surface area contributed by atoms with E-state index < -0.39 is 10.0 Å². The SMILES string of the molecule is Cc1cc[n+]([C@H](C)C(=O)Nc2ccc(S(=O)(=O)N3CCOCC3)cc2)cc1. The lowest BCUT2D eigenvalue weighted by atomic mass is 10.2. The highest BCUT2D eigenvalue weighted by atomic mass is 32.2. The van der Waals surface area contributed by atoms with Crippen LogP contribution in [0.25, 0.3) is 0 Å². The smallest absolute Gasteiger partial charge is 0.293 e. The molecule has 1 aliphatic heterocycles. The molecular formula is C19H24N3O4S+. The summed E-state index contributed by atoms with van der Waals surface area (Å²) in [6.45, 7) is 5.31. The summed E-state index contributed by atoms with van der Waals surface area (Å²) >= 11 is 0. The van der Waals surface area contributed by atoms with Crippen molar-refractivity contribution in [1.29, 1.82) is 0 Å². The second-order valence-electron chi connectivity index (χ2n) is 6.53. The van der Waals surface area contributed by atoms with Crippen molar-refractivity contribution in [1.82, 2.24) is 4.31 Å². The predicted octanol–water partition coefficient (Wildman–Crippen LogP) is 1.50. The number of amides is 1. The molecule has 0 saturated carbocycles. The summed E-state index contributed by atoms with van der Waals surface area (Å²) in [5.74, 6) is -0.173. The van der Waals surface area contributed by atoms with Crippen LogP contribution in [0.15, 0.2) is 53.7 Å². The molecule has 0 unspecified atom stereocenters. The first kappa shape index (κ1) is 19.5. The first-order valence-corrected chi connectivity index (χ1v) is 10.3. The number of rotatable bonds is 5. The maximum absolute atomic E-state index is 12.6. The standard InChI is InChI=1S/C19H23N3O4S/c1-15-7-9-21(10-8-15)16(2)19(23)20-17-3-5-18(6-4-17)27(24,25)22-11-13-26-14-12-22/h3-10,16H,11-14H2,1-2H3/p+1/t16-/m1/s1. The van der Waals surface area contributed by atoms with Gasteiger partial charge in [-0.1, -0.05) is 0 Å². The Labute approximate surface area is 159 Å². The number of nitrogens with one attached hydrogen (secondary N) is 1. The number of hydrogen-bond acceptors (Lipinski definition) is 4. The molecule has 1 saturated heterocycles. The van der Waals surface area contributed by atoms with Crippen molar-refractivity contribution < 1.29 is 22.5 Å². The predicted molar refractivity (Wildman–Crippen MR) is 101 cm³/mol. The number of nitrogens with zero attached hydrogens (tertiary/aromatic N) is 2. The number of pyridine rings is 1. The molecule has 1 N–H and O–H groups in total. The molecule has 0 radical (unpaired) electrons. The van der Waals surface area contributed by atoms with Gasteiger partial charge in [-0.05, 0) is 36.8 Å². The first-order chi connectivity index (χ1) is 12.9. The number of aryl methyl sites for hydroxylation is 1. The Morgan fingerprint density at radius 2 is 1.70 bits per heavy atom. The van der Waals surface area contributed by atoms with Gasteiger partial charge in [0.1, 0.15) is 0 Å². The van der Waals surface area contributed by atoms with E-state index in [4.69, 9.17) is 4.74 Å². The van der Waals surface area contributed by atoms with E-state index in [0.717, 1.165) is 5.56 Å². The Hall–Kier alpha value is -2.29. The monoisotopic (exact) mass is 390 g/mol. The number of carbonyl (C=O) groups is 1. The Kier molecular flexibility index (Phi) is 5.88. The summed E-state index contributed by atoms with van der Waals surface area (Å²) in [7, 11) is -3.53. The quantitative estimate of drug-likeness (QED) is 0.785. The van der Waals surface area contributed by atoms with E-state index >= 15 is 0 Å². The van der Waals surface area contributed by atoms with Crippen LogP contribution in [0.4, 0.5) is 5.69 Å². The lowest BCUT2D eigenvalue weighted by Crippen LogP contribution is -2.44.